The van der Waals surface area contributed by atoms with Gasteiger partial charge in [0.25, 0.3) is 0 Å². The average Bonchev–Trinajstić information content (AvgIpc) is 2.39. The Labute approximate surface area is 114 Å². The number of benzene rings is 1. The van der Waals surface area contributed by atoms with E-state index in [1.54, 1.807) is 6.07 Å². The van der Waals surface area contributed by atoms with Crippen LogP contribution < -0.4 is 10.6 Å². The molecule has 2 rings (SSSR count). The number of halogens is 1. The van der Waals surface area contributed by atoms with Crippen LogP contribution in [0.5, 0.6) is 0 Å². The molecule has 1 heterocycles. The van der Waals surface area contributed by atoms with Crippen molar-refractivity contribution >= 4 is 5.69 Å². The monoisotopic (exact) mass is 266 g/mol. The lowest BCUT2D eigenvalue weighted by molar-refractivity contribution is 0.0576. The lowest BCUT2D eigenvalue weighted by Gasteiger charge is -2.30. The van der Waals surface area contributed by atoms with E-state index >= 15 is 0 Å². The molecule has 1 aliphatic heterocycles. The van der Waals surface area contributed by atoms with Crippen molar-refractivity contribution in [1.82, 2.24) is 0 Å². The Bertz CT molecular complexity index is 417. The summed E-state index contributed by atoms with van der Waals surface area (Å²) in [6.45, 7) is 4.31. The summed E-state index contributed by atoms with van der Waals surface area (Å²) in [6, 6.07) is 4.94. The number of nitrogens with two attached hydrogens (primary N) is 1. The van der Waals surface area contributed by atoms with E-state index in [2.05, 4.69) is 0 Å². The minimum Gasteiger partial charge on any atom is -0.381 e. The fraction of sp³-hybridized carbons (Fsp3) is 0.600. The van der Waals surface area contributed by atoms with Gasteiger partial charge in [-0.1, -0.05) is 12.1 Å². The average molecular weight is 266 g/mol. The van der Waals surface area contributed by atoms with E-state index in [9.17, 15) is 4.39 Å². The van der Waals surface area contributed by atoms with Gasteiger partial charge >= 0.3 is 0 Å². The van der Waals surface area contributed by atoms with Gasteiger partial charge in [-0.2, -0.15) is 0 Å². The Morgan fingerprint density at radius 2 is 2.32 bits per heavy atom. The normalized spacial score (nSPS) is 21.2. The maximum atomic E-state index is 14.1. The SMILES string of the molecule is C[C@@H](N)c1cccc(F)c1N(C)CC1CCCOC1. The van der Waals surface area contributed by atoms with Gasteiger partial charge in [0, 0.05) is 26.2 Å². The smallest absolute Gasteiger partial charge is 0.146 e. The summed E-state index contributed by atoms with van der Waals surface area (Å²) >= 11 is 0. The molecule has 106 valence electrons. The van der Waals surface area contributed by atoms with Crippen LogP contribution in [0.4, 0.5) is 10.1 Å². The molecule has 0 aliphatic carbocycles. The lowest BCUT2D eigenvalue weighted by atomic mass is 10.00. The zero-order valence-corrected chi connectivity index (χ0v) is 11.7. The molecule has 1 saturated heterocycles. The Balaban J connectivity index is 2.15. The maximum absolute atomic E-state index is 14.1. The van der Waals surface area contributed by atoms with Gasteiger partial charge in [-0.25, -0.2) is 4.39 Å². The molecule has 3 nitrogen and oxygen atoms in total. The van der Waals surface area contributed by atoms with Gasteiger partial charge in [0.2, 0.25) is 0 Å². The molecule has 2 N–H and O–H groups in total. The van der Waals surface area contributed by atoms with Crippen molar-refractivity contribution in [3.05, 3.63) is 29.6 Å². The summed E-state index contributed by atoms with van der Waals surface area (Å²) in [7, 11) is 1.93. The molecule has 19 heavy (non-hydrogen) atoms. The second-order valence-corrected chi connectivity index (χ2v) is 5.43. The highest BCUT2D eigenvalue weighted by atomic mass is 19.1. The molecule has 4 heteroatoms. The van der Waals surface area contributed by atoms with Crippen molar-refractivity contribution in [2.45, 2.75) is 25.8 Å². The van der Waals surface area contributed by atoms with Crippen LogP contribution >= 0.6 is 0 Å². The highest BCUT2D eigenvalue weighted by Gasteiger charge is 2.20. The molecule has 0 bridgehead atoms. The first-order valence-corrected chi connectivity index (χ1v) is 6.92. The van der Waals surface area contributed by atoms with Gasteiger partial charge in [-0.05, 0) is 37.3 Å². The van der Waals surface area contributed by atoms with Crippen LogP contribution in [-0.4, -0.2) is 26.8 Å². The Kier molecular flexibility index (Phi) is 4.77. The zero-order chi connectivity index (χ0) is 13.8. The van der Waals surface area contributed by atoms with Gasteiger partial charge in [-0.15, -0.1) is 0 Å². The van der Waals surface area contributed by atoms with Crippen LogP contribution in [0.2, 0.25) is 0 Å². The highest BCUT2D eigenvalue weighted by molar-refractivity contribution is 5.55. The Morgan fingerprint density at radius 1 is 1.53 bits per heavy atom. The topological polar surface area (TPSA) is 38.5 Å². The lowest BCUT2D eigenvalue weighted by Crippen LogP contribution is -2.32. The maximum Gasteiger partial charge on any atom is 0.146 e. The molecule has 1 aromatic rings. The molecule has 1 unspecified atom stereocenters. The molecule has 0 radical (unpaired) electrons. The van der Waals surface area contributed by atoms with Crippen LogP contribution in [-0.2, 0) is 4.74 Å². The first-order chi connectivity index (χ1) is 9.09. The van der Waals surface area contributed by atoms with Gasteiger partial charge < -0.3 is 15.4 Å². The summed E-state index contributed by atoms with van der Waals surface area (Å²) in [6.07, 6.45) is 2.24. The number of anilines is 1. The van der Waals surface area contributed by atoms with Crippen molar-refractivity contribution < 1.29 is 9.13 Å². The minimum atomic E-state index is -0.200. The third kappa shape index (κ3) is 3.45. The molecule has 0 amide bonds. The van der Waals surface area contributed by atoms with Gasteiger partial charge in [0.15, 0.2) is 0 Å². The molecule has 0 spiro atoms. The van der Waals surface area contributed by atoms with Crippen LogP contribution in [0.3, 0.4) is 0 Å². The van der Waals surface area contributed by atoms with Gasteiger partial charge in [-0.3, -0.25) is 0 Å². The van der Waals surface area contributed by atoms with E-state index < -0.39 is 0 Å². The summed E-state index contributed by atoms with van der Waals surface area (Å²) in [5.74, 6) is 0.272. The predicted molar refractivity (Wildman–Crippen MR) is 75.8 cm³/mol. The fourth-order valence-electron chi connectivity index (χ4n) is 2.73. The van der Waals surface area contributed by atoms with Gasteiger partial charge in [0.1, 0.15) is 5.82 Å². The number of rotatable bonds is 4. The van der Waals surface area contributed by atoms with E-state index in [0.29, 0.717) is 11.6 Å². The molecule has 1 aliphatic rings. The fourth-order valence-corrected chi connectivity index (χ4v) is 2.73. The molecular weight excluding hydrogens is 243 g/mol. The number of nitrogens with zero attached hydrogens (tertiary/aromatic N) is 1. The summed E-state index contributed by atoms with van der Waals surface area (Å²) in [5, 5.41) is 0. The van der Waals surface area contributed by atoms with E-state index in [1.807, 2.05) is 24.9 Å². The van der Waals surface area contributed by atoms with Crippen LogP contribution in [0.1, 0.15) is 31.4 Å². The van der Waals surface area contributed by atoms with Crippen molar-refractivity contribution in [3.8, 4) is 0 Å². The number of para-hydroxylation sites is 1. The van der Waals surface area contributed by atoms with Crippen LogP contribution in [0.25, 0.3) is 0 Å². The first kappa shape index (κ1) is 14.3. The van der Waals surface area contributed by atoms with E-state index in [4.69, 9.17) is 10.5 Å². The highest BCUT2D eigenvalue weighted by Crippen LogP contribution is 2.29. The minimum absolute atomic E-state index is 0.171. The van der Waals surface area contributed by atoms with E-state index in [0.717, 1.165) is 38.2 Å². The number of ether oxygens (including phenoxy) is 1. The zero-order valence-electron chi connectivity index (χ0n) is 11.7. The second-order valence-electron chi connectivity index (χ2n) is 5.43. The van der Waals surface area contributed by atoms with Crippen molar-refractivity contribution in [1.29, 1.82) is 0 Å². The predicted octanol–water partition coefficient (Wildman–Crippen LogP) is 2.71. The summed E-state index contributed by atoms with van der Waals surface area (Å²) < 4.78 is 19.6. The summed E-state index contributed by atoms with van der Waals surface area (Å²) in [4.78, 5) is 1.98. The second kappa shape index (κ2) is 6.35. The quantitative estimate of drug-likeness (QED) is 0.910. The third-order valence-corrected chi connectivity index (χ3v) is 3.68. The number of hydrogen-bond donors (Lipinski definition) is 1. The number of hydrogen-bond acceptors (Lipinski definition) is 3. The van der Waals surface area contributed by atoms with Crippen molar-refractivity contribution in [2.24, 2.45) is 11.7 Å². The third-order valence-electron chi connectivity index (χ3n) is 3.68. The van der Waals surface area contributed by atoms with E-state index in [-0.39, 0.29) is 11.9 Å². The van der Waals surface area contributed by atoms with Crippen molar-refractivity contribution in [3.63, 3.8) is 0 Å². The largest absolute Gasteiger partial charge is 0.381 e. The van der Waals surface area contributed by atoms with Crippen LogP contribution in [0, 0.1) is 11.7 Å². The standard InChI is InChI=1S/C15H23FN2O/c1-11(17)13-6-3-7-14(16)15(13)18(2)9-12-5-4-8-19-10-12/h3,6-7,11-12H,4-5,8-10,17H2,1-2H3/t11-,12?/m1/s1. The molecular formula is C15H23FN2O. The molecule has 2 atom stereocenters. The molecule has 1 fully saturated rings. The van der Waals surface area contributed by atoms with E-state index in [1.165, 1.54) is 6.07 Å². The Hall–Kier alpha value is -1.13. The molecule has 0 aromatic heterocycles. The van der Waals surface area contributed by atoms with Gasteiger partial charge in [0.05, 0.1) is 12.3 Å². The van der Waals surface area contributed by atoms with Crippen LogP contribution in [0.15, 0.2) is 18.2 Å². The molecule has 0 saturated carbocycles. The first-order valence-electron chi connectivity index (χ1n) is 6.92. The Morgan fingerprint density at radius 3 is 2.95 bits per heavy atom. The summed E-state index contributed by atoms with van der Waals surface area (Å²) in [5.41, 5.74) is 7.42. The van der Waals surface area contributed by atoms with Crippen molar-refractivity contribution in [2.75, 3.05) is 31.7 Å². The molecule has 1 aromatic carbocycles.